The summed E-state index contributed by atoms with van der Waals surface area (Å²) in [4.78, 5) is 0. The van der Waals surface area contributed by atoms with E-state index in [0.29, 0.717) is 0 Å². The van der Waals surface area contributed by atoms with Crippen LogP contribution < -0.4 is 5.32 Å². The normalized spacial score (nSPS) is 23.5. The standard InChI is InChI=1S/C9H19NO/c1-2-10-8-9(11)6-4-3-5-7-9/h10-11H,2-8H2,1H3. The van der Waals surface area contributed by atoms with E-state index in [1.165, 1.54) is 19.3 Å². The van der Waals surface area contributed by atoms with E-state index >= 15 is 0 Å². The van der Waals surface area contributed by atoms with E-state index in [2.05, 4.69) is 12.2 Å². The molecule has 2 heteroatoms. The van der Waals surface area contributed by atoms with Crippen LogP contribution in [-0.4, -0.2) is 23.8 Å². The van der Waals surface area contributed by atoms with Crippen molar-refractivity contribution in [3.8, 4) is 0 Å². The Bertz CT molecular complexity index is 108. The molecule has 0 bridgehead atoms. The number of hydrogen-bond donors (Lipinski definition) is 2. The van der Waals surface area contributed by atoms with Gasteiger partial charge in [0, 0.05) is 6.54 Å². The van der Waals surface area contributed by atoms with Gasteiger partial charge < -0.3 is 10.4 Å². The van der Waals surface area contributed by atoms with Crippen LogP contribution in [0.25, 0.3) is 0 Å². The largest absolute Gasteiger partial charge is 0.389 e. The third-order valence-corrected chi connectivity index (χ3v) is 2.49. The highest BCUT2D eigenvalue weighted by Gasteiger charge is 2.27. The number of hydrogen-bond acceptors (Lipinski definition) is 2. The Morgan fingerprint density at radius 2 is 1.91 bits per heavy atom. The summed E-state index contributed by atoms with van der Waals surface area (Å²) in [6, 6.07) is 0. The number of likely N-dealkylation sites (N-methyl/N-ethyl adjacent to an activating group) is 1. The van der Waals surface area contributed by atoms with Crippen LogP contribution in [0.5, 0.6) is 0 Å². The summed E-state index contributed by atoms with van der Waals surface area (Å²) >= 11 is 0. The van der Waals surface area contributed by atoms with Crippen LogP contribution in [-0.2, 0) is 0 Å². The molecule has 0 radical (unpaired) electrons. The Labute approximate surface area is 69.0 Å². The Balaban J connectivity index is 2.25. The minimum atomic E-state index is -0.381. The van der Waals surface area contributed by atoms with Crippen LogP contribution >= 0.6 is 0 Å². The van der Waals surface area contributed by atoms with Crippen molar-refractivity contribution in [1.82, 2.24) is 5.32 Å². The first kappa shape index (κ1) is 9.01. The molecule has 2 nitrogen and oxygen atoms in total. The summed E-state index contributed by atoms with van der Waals surface area (Å²) in [5, 5.41) is 13.1. The molecule has 2 N–H and O–H groups in total. The van der Waals surface area contributed by atoms with Gasteiger partial charge in [-0.2, -0.15) is 0 Å². The highest BCUT2D eigenvalue weighted by molar-refractivity contribution is 4.83. The average molecular weight is 157 g/mol. The first-order chi connectivity index (χ1) is 5.27. The summed E-state index contributed by atoms with van der Waals surface area (Å²) in [6.07, 6.45) is 5.66. The molecule has 1 aliphatic rings. The molecule has 1 saturated carbocycles. The molecule has 0 saturated heterocycles. The summed E-state index contributed by atoms with van der Waals surface area (Å²) in [7, 11) is 0. The highest BCUT2D eigenvalue weighted by atomic mass is 16.3. The average Bonchev–Trinajstić information content (AvgIpc) is 2.03. The molecule has 0 unspecified atom stereocenters. The lowest BCUT2D eigenvalue weighted by Gasteiger charge is -2.32. The van der Waals surface area contributed by atoms with Gasteiger partial charge in [-0.05, 0) is 19.4 Å². The van der Waals surface area contributed by atoms with Crippen molar-refractivity contribution < 1.29 is 5.11 Å². The smallest absolute Gasteiger partial charge is 0.0771 e. The monoisotopic (exact) mass is 157 g/mol. The maximum atomic E-state index is 9.94. The number of aliphatic hydroxyl groups is 1. The summed E-state index contributed by atoms with van der Waals surface area (Å²) in [5.74, 6) is 0. The van der Waals surface area contributed by atoms with Crippen molar-refractivity contribution in [2.75, 3.05) is 13.1 Å². The Kier molecular flexibility index (Phi) is 3.34. The molecular weight excluding hydrogens is 138 g/mol. The summed E-state index contributed by atoms with van der Waals surface area (Å²) in [6.45, 7) is 3.82. The van der Waals surface area contributed by atoms with Crippen LogP contribution in [0, 0.1) is 0 Å². The predicted molar refractivity (Wildman–Crippen MR) is 46.6 cm³/mol. The highest BCUT2D eigenvalue weighted by Crippen LogP contribution is 2.26. The fourth-order valence-corrected chi connectivity index (χ4v) is 1.74. The van der Waals surface area contributed by atoms with Gasteiger partial charge in [0.15, 0.2) is 0 Å². The molecular formula is C9H19NO. The van der Waals surface area contributed by atoms with Gasteiger partial charge in [-0.15, -0.1) is 0 Å². The fraction of sp³-hybridized carbons (Fsp3) is 1.00. The molecule has 1 rings (SSSR count). The van der Waals surface area contributed by atoms with Crippen LogP contribution in [0.4, 0.5) is 0 Å². The van der Waals surface area contributed by atoms with E-state index in [1.54, 1.807) is 0 Å². The van der Waals surface area contributed by atoms with E-state index in [-0.39, 0.29) is 5.60 Å². The van der Waals surface area contributed by atoms with E-state index in [1.807, 2.05) is 0 Å². The quantitative estimate of drug-likeness (QED) is 0.647. The van der Waals surface area contributed by atoms with Gasteiger partial charge >= 0.3 is 0 Å². The molecule has 0 aromatic rings. The fourth-order valence-electron chi connectivity index (χ4n) is 1.74. The van der Waals surface area contributed by atoms with E-state index in [0.717, 1.165) is 25.9 Å². The van der Waals surface area contributed by atoms with Crippen molar-refractivity contribution in [1.29, 1.82) is 0 Å². The molecule has 66 valence electrons. The lowest BCUT2D eigenvalue weighted by Crippen LogP contribution is -2.42. The third-order valence-electron chi connectivity index (χ3n) is 2.49. The number of nitrogens with one attached hydrogen (secondary N) is 1. The van der Waals surface area contributed by atoms with Gasteiger partial charge in [0.05, 0.1) is 5.60 Å². The Morgan fingerprint density at radius 3 is 2.45 bits per heavy atom. The lowest BCUT2D eigenvalue weighted by atomic mass is 9.85. The predicted octanol–water partition coefficient (Wildman–Crippen LogP) is 1.29. The van der Waals surface area contributed by atoms with Gasteiger partial charge in [0.25, 0.3) is 0 Å². The first-order valence-electron chi connectivity index (χ1n) is 4.70. The second-order valence-electron chi connectivity index (χ2n) is 3.57. The van der Waals surface area contributed by atoms with Crippen molar-refractivity contribution in [2.24, 2.45) is 0 Å². The molecule has 0 atom stereocenters. The van der Waals surface area contributed by atoms with E-state index in [4.69, 9.17) is 0 Å². The molecule has 11 heavy (non-hydrogen) atoms. The molecule has 1 fully saturated rings. The zero-order valence-corrected chi connectivity index (χ0v) is 7.40. The third kappa shape index (κ3) is 2.80. The second kappa shape index (κ2) is 4.07. The van der Waals surface area contributed by atoms with Gasteiger partial charge in [-0.25, -0.2) is 0 Å². The Morgan fingerprint density at radius 1 is 1.27 bits per heavy atom. The SMILES string of the molecule is CCNCC1(O)CCCCC1. The zero-order valence-electron chi connectivity index (χ0n) is 7.40. The van der Waals surface area contributed by atoms with Gasteiger partial charge in [0.1, 0.15) is 0 Å². The molecule has 0 heterocycles. The van der Waals surface area contributed by atoms with Crippen molar-refractivity contribution in [3.63, 3.8) is 0 Å². The molecule has 0 aromatic carbocycles. The molecule has 0 spiro atoms. The lowest BCUT2D eigenvalue weighted by molar-refractivity contribution is 0.00540. The maximum absolute atomic E-state index is 9.94. The van der Waals surface area contributed by atoms with Gasteiger partial charge in [-0.1, -0.05) is 26.2 Å². The maximum Gasteiger partial charge on any atom is 0.0771 e. The van der Waals surface area contributed by atoms with Crippen LogP contribution in [0.15, 0.2) is 0 Å². The molecule has 0 aliphatic heterocycles. The summed E-state index contributed by atoms with van der Waals surface area (Å²) < 4.78 is 0. The van der Waals surface area contributed by atoms with Crippen molar-refractivity contribution >= 4 is 0 Å². The van der Waals surface area contributed by atoms with E-state index in [9.17, 15) is 5.11 Å². The van der Waals surface area contributed by atoms with E-state index < -0.39 is 0 Å². The molecule has 1 aliphatic carbocycles. The molecule has 0 aromatic heterocycles. The minimum absolute atomic E-state index is 0.381. The van der Waals surface area contributed by atoms with Crippen molar-refractivity contribution in [2.45, 2.75) is 44.6 Å². The minimum Gasteiger partial charge on any atom is -0.389 e. The first-order valence-corrected chi connectivity index (χ1v) is 4.70. The van der Waals surface area contributed by atoms with Crippen LogP contribution in [0.1, 0.15) is 39.0 Å². The van der Waals surface area contributed by atoms with Gasteiger partial charge in [-0.3, -0.25) is 0 Å². The number of rotatable bonds is 3. The topological polar surface area (TPSA) is 32.3 Å². The molecule has 0 amide bonds. The Hall–Kier alpha value is -0.0800. The van der Waals surface area contributed by atoms with Crippen molar-refractivity contribution in [3.05, 3.63) is 0 Å². The van der Waals surface area contributed by atoms with Crippen LogP contribution in [0.3, 0.4) is 0 Å². The second-order valence-corrected chi connectivity index (χ2v) is 3.57. The summed E-state index contributed by atoms with van der Waals surface area (Å²) in [5.41, 5.74) is -0.381. The zero-order chi connectivity index (χ0) is 8.16. The van der Waals surface area contributed by atoms with Crippen LogP contribution in [0.2, 0.25) is 0 Å². The van der Waals surface area contributed by atoms with Gasteiger partial charge in [0.2, 0.25) is 0 Å².